The molecule has 0 radical (unpaired) electrons. The van der Waals surface area contributed by atoms with E-state index in [1.807, 2.05) is 0 Å². The Morgan fingerprint density at radius 1 is 1.28 bits per heavy atom. The highest BCUT2D eigenvalue weighted by molar-refractivity contribution is 4.92. The lowest BCUT2D eigenvalue weighted by Gasteiger charge is -2.33. The van der Waals surface area contributed by atoms with Crippen LogP contribution in [0.15, 0.2) is 10.9 Å². The molecule has 2 fully saturated rings. The molecule has 1 saturated carbocycles. The van der Waals surface area contributed by atoms with Gasteiger partial charge >= 0.3 is 0 Å². The number of hydrogen-bond donors (Lipinski definition) is 1. The van der Waals surface area contributed by atoms with E-state index in [4.69, 9.17) is 9.26 Å². The third-order valence-corrected chi connectivity index (χ3v) is 4.17. The molecule has 2 aliphatic rings. The van der Waals surface area contributed by atoms with Crippen molar-refractivity contribution in [2.45, 2.75) is 63.2 Å². The number of rotatable bonds is 4. The van der Waals surface area contributed by atoms with Crippen LogP contribution in [0, 0.1) is 0 Å². The summed E-state index contributed by atoms with van der Waals surface area (Å²) in [5, 5.41) is 7.12. The van der Waals surface area contributed by atoms with Crippen molar-refractivity contribution in [2.75, 3.05) is 6.54 Å². The summed E-state index contributed by atoms with van der Waals surface area (Å²) in [6, 6.07) is 0. The van der Waals surface area contributed by atoms with E-state index in [0.29, 0.717) is 18.5 Å². The van der Waals surface area contributed by atoms with E-state index in [2.05, 4.69) is 15.5 Å². The van der Waals surface area contributed by atoms with Gasteiger partial charge in [0.1, 0.15) is 0 Å². The molecule has 1 N–H and O–H groups in total. The van der Waals surface area contributed by atoms with E-state index < -0.39 is 0 Å². The van der Waals surface area contributed by atoms with Crippen molar-refractivity contribution in [3.05, 3.63) is 12.2 Å². The molecule has 1 aromatic heterocycles. The molecule has 1 saturated heterocycles. The molecule has 0 aromatic carbocycles. The SMILES string of the molecule is c1nc(CNCC2CCC3(CCCCC3)O2)no1. The van der Waals surface area contributed by atoms with Gasteiger partial charge in [-0.05, 0) is 25.7 Å². The van der Waals surface area contributed by atoms with Crippen molar-refractivity contribution in [1.82, 2.24) is 15.5 Å². The maximum atomic E-state index is 6.28. The third kappa shape index (κ3) is 2.72. The molecule has 2 heterocycles. The molecule has 5 heteroatoms. The van der Waals surface area contributed by atoms with Crippen LogP contribution in [-0.4, -0.2) is 28.4 Å². The highest BCUT2D eigenvalue weighted by Crippen LogP contribution is 2.41. The smallest absolute Gasteiger partial charge is 0.213 e. The minimum Gasteiger partial charge on any atom is -0.370 e. The van der Waals surface area contributed by atoms with Gasteiger partial charge in [-0.2, -0.15) is 4.98 Å². The summed E-state index contributed by atoms with van der Waals surface area (Å²) < 4.78 is 11.0. The Morgan fingerprint density at radius 3 is 2.94 bits per heavy atom. The van der Waals surface area contributed by atoms with Gasteiger partial charge in [-0.1, -0.05) is 24.4 Å². The molecule has 0 amide bonds. The third-order valence-electron chi connectivity index (χ3n) is 4.17. The molecule has 100 valence electrons. The molecule has 1 aliphatic heterocycles. The van der Waals surface area contributed by atoms with E-state index in [1.54, 1.807) is 0 Å². The number of hydrogen-bond acceptors (Lipinski definition) is 5. The van der Waals surface area contributed by atoms with E-state index >= 15 is 0 Å². The van der Waals surface area contributed by atoms with Crippen LogP contribution >= 0.6 is 0 Å². The van der Waals surface area contributed by atoms with Gasteiger partial charge < -0.3 is 14.6 Å². The zero-order valence-corrected chi connectivity index (χ0v) is 10.7. The van der Waals surface area contributed by atoms with E-state index in [9.17, 15) is 0 Å². The maximum absolute atomic E-state index is 6.28. The molecule has 1 aromatic rings. The first-order valence-corrected chi connectivity index (χ1v) is 7.00. The second-order valence-electron chi connectivity index (χ2n) is 5.50. The van der Waals surface area contributed by atoms with Crippen molar-refractivity contribution in [3.63, 3.8) is 0 Å². The summed E-state index contributed by atoms with van der Waals surface area (Å²) in [6.45, 7) is 1.54. The second kappa shape index (κ2) is 5.36. The highest BCUT2D eigenvalue weighted by Gasteiger charge is 2.40. The minimum atomic E-state index is 0.219. The molecule has 1 unspecified atom stereocenters. The lowest BCUT2D eigenvalue weighted by molar-refractivity contribution is -0.0624. The fourth-order valence-corrected chi connectivity index (χ4v) is 3.22. The highest BCUT2D eigenvalue weighted by atomic mass is 16.5. The van der Waals surface area contributed by atoms with Crippen molar-refractivity contribution < 1.29 is 9.26 Å². The summed E-state index contributed by atoms with van der Waals surface area (Å²) in [5.74, 6) is 0.709. The van der Waals surface area contributed by atoms with Crippen LogP contribution in [0.4, 0.5) is 0 Å². The average molecular weight is 251 g/mol. The normalized spacial score (nSPS) is 26.8. The van der Waals surface area contributed by atoms with Crippen LogP contribution in [-0.2, 0) is 11.3 Å². The molecule has 3 rings (SSSR count). The fourth-order valence-electron chi connectivity index (χ4n) is 3.22. The Bertz CT molecular complexity index is 360. The Hall–Kier alpha value is -0.940. The molecule has 1 aliphatic carbocycles. The predicted octanol–water partition coefficient (Wildman–Crippen LogP) is 2.04. The number of ether oxygens (including phenoxy) is 1. The van der Waals surface area contributed by atoms with E-state index in [1.165, 1.54) is 51.3 Å². The monoisotopic (exact) mass is 251 g/mol. The number of nitrogens with zero attached hydrogens (tertiary/aromatic N) is 2. The van der Waals surface area contributed by atoms with Crippen LogP contribution in [0.25, 0.3) is 0 Å². The topological polar surface area (TPSA) is 60.2 Å². The van der Waals surface area contributed by atoms with Gasteiger partial charge in [-0.3, -0.25) is 0 Å². The van der Waals surface area contributed by atoms with E-state index in [0.717, 1.165) is 6.54 Å². The van der Waals surface area contributed by atoms with Crippen LogP contribution in [0.5, 0.6) is 0 Å². The van der Waals surface area contributed by atoms with Crippen LogP contribution < -0.4 is 5.32 Å². The molecular weight excluding hydrogens is 230 g/mol. The summed E-state index contributed by atoms with van der Waals surface area (Å²) in [7, 11) is 0. The Balaban J connectivity index is 1.42. The molecule has 5 nitrogen and oxygen atoms in total. The predicted molar refractivity (Wildman–Crippen MR) is 65.9 cm³/mol. The maximum Gasteiger partial charge on any atom is 0.213 e. The first kappa shape index (κ1) is 12.1. The van der Waals surface area contributed by atoms with E-state index in [-0.39, 0.29) is 5.60 Å². The first-order chi connectivity index (χ1) is 8.86. The largest absolute Gasteiger partial charge is 0.370 e. The fraction of sp³-hybridized carbons (Fsp3) is 0.846. The van der Waals surface area contributed by atoms with Crippen LogP contribution in [0.1, 0.15) is 50.8 Å². The second-order valence-corrected chi connectivity index (χ2v) is 5.50. The zero-order chi connectivity index (χ0) is 12.3. The van der Waals surface area contributed by atoms with Crippen LogP contribution in [0.3, 0.4) is 0 Å². The average Bonchev–Trinajstić information content (AvgIpc) is 3.02. The lowest BCUT2D eigenvalue weighted by atomic mass is 9.83. The van der Waals surface area contributed by atoms with Gasteiger partial charge in [-0.25, -0.2) is 0 Å². The molecule has 18 heavy (non-hydrogen) atoms. The molecule has 1 atom stereocenters. The molecule has 0 bridgehead atoms. The summed E-state index contributed by atoms with van der Waals surface area (Å²) in [5.41, 5.74) is 0.219. The van der Waals surface area contributed by atoms with Crippen molar-refractivity contribution in [3.8, 4) is 0 Å². The van der Waals surface area contributed by atoms with Gasteiger partial charge in [0.2, 0.25) is 6.39 Å². The van der Waals surface area contributed by atoms with Crippen molar-refractivity contribution in [2.24, 2.45) is 0 Å². The van der Waals surface area contributed by atoms with Gasteiger partial charge in [0.15, 0.2) is 5.82 Å². The zero-order valence-electron chi connectivity index (χ0n) is 10.7. The Labute approximate surface area is 107 Å². The summed E-state index contributed by atoms with van der Waals surface area (Å²) in [6.07, 6.45) is 10.7. The Morgan fingerprint density at radius 2 is 2.17 bits per heavy atom. The van der Waals surface area contributed by atoms with Crippen molar-refractivity contribution >= 4 is 0 Å². The van der Waals surface area contributed by atoms with Crippen LogP contribution in [0.2, 0.25) is 0 Å². The lowest BCUT2D eigenvalue weighted by Crippen LogP contribution is -2.34. The Kier molecular flexibility index (Phi) is 3.61. The first-order valence-electron chi connectivity index (χ1n) is 7.00. The number of nitrogens with one attached hydrogen (secondary N) is 1. The summed E-state index contributed by atoms with van der Waals surface area (Å²) >= 11 is 0. The van der Waals surface area contributed by atoms with Gasteiger partial charge in [-0.15, -0.1) is 0 Å². The minimum absolute atomic E-state index is 0.219. The molecular formula is C13H21N3O2. The molecule has 1 spiro atoms. The number of aromatic nitrogens is 2. The van der Waals surface area contributed by atoms with Crippen molar-refractivity contribution in [1.29, 1.82) is 0 Å². The summed E-state index contributed by atoms with van der Waals surface area (Å²) in [4.78, 5) is 3.98. The van der Waals surface area contributed by atoms with Gasteiger partial charge in [0, 0.05) is 6.54 Å². The quantitative estimate of drug-likeness (QED) is 0.887. The van der Waals surface area contributed by atoms with Gasteiger partial charge in [0.25, 0.3) is 0 Å². The van der Waals surface area contributed by atoms with Gasteiger partial charge in [0.05, 0.1) is 18.2 Å². The standard InChI is InChI=1S/C13H21N3O2/c1-2-5-13(6-3-1)7-4-11(18-13)8-14-9-12-15-10-17-16-12/h10-11,14H,1-9H2.